The van der Waals surface area contributed by atoms with Gasteiger partial charge in [-0.1, -0.05) is 0 Å². The van der Waals surface area contributed by atoms with Crippen LogP contribution in [0.1, 0.15) is 40.8 Å². The summed E-state index contributed by atoms with van der Waals surface area (Å²) in [7, 11) is 0. The van der Waals surface area contributed by atoms with Gasteiger partial charge in [0.05, 0.1) is 5.51 Å². The summed E-state index contributed by atoms with van der Waals surface area (Å²) < 4.78 is 0. The fourth-order valence-corrected chi connectivity index (χ4v) is 3.16. The lowest BCUT2D eigenvalue weighted by molar-refractivity contribution is 0.0706. The third-order valence-electron chi connectivity index (χ3n) is 3.71. The van der Waals surface area contributed by atoms with Crippen molar-refractivity contribution in [2.75, 3.05) is 13.1 Å². The maximum Gasteiger partial charge on any atom is 0.273 e. The molecule has 1 N–H and O–H groups in total. The van der Waals surface area contributed by atoms with Gasteiger partial charge in [-0.15, -0.1) is 11.3 Å². The molecule has 6 nitrogen and oxygen atoms in total. The lowest BCUT2D eigenvalue weighted by Crippen LogP contribution is -2.38. The molecule has 1 amide bonds. The molecular weight excluding hydrogens is 288 g/mol. The van der Waals surface area contributed by atoms with Gasteiger partial charge in [0.1, 0.15) is 11.5 Å². The van der Waals surface area contributed by atoms with Crippen LogP contribution in [0.2, 0.25) is 0 Å². The molecular formula is C14H16N4O2S. The predicted molar refractivity (Wildman–Crippen MR) is 79.6 cm³/mol. The Hall–Kier alpha value is -2.02. The molecule has 21 heavy (non-hydrogen) atoms. The van der Waals surface area contributed by atoms with Crippen LogP contribution in [-0.4, -0.2) is 38.8 Å². The fraction of sp³-hybridized carbons (Fsp3) is 0.429. The van der Waals surface area contributed by atoms with Crippen LogP contribution in [0.5, 0.6) is 0 Å². The molecule has 0 radical (unpaired) electrons. The third-order valence-corrected chi connectivity index (χ3v) is 4.29. The highest BCUT2D eigenvalue weighted by molar-refractivity contribution is 7.07. The van der Waals surface area contributed by atoms with Crippen LogP contribution in [0.25, 0.3) is 0 Å². The Labute approximate surface area is 125 Å². The molecule has 3 heterocycles. The molecule has 0 atom stereocenters. The first kappa shape index (κ1) is 13.9. The number of likely N-dealkylation sites (tertiary alicyclic amines) is 1. The molecule has 0 bridgehead atoms. The molecule has 1 saturated heterocycles. The van der Waals surface area contributed by atoms with Crippen molar-refractivity contribution in [3.63, 3.8) is 0 Å². The molecule has 0 saturated carbocycles. The summed E-state index contributed by atoms with van der Waals surface area (Å²) in [5, 5.41) is 1.77. The molecule has 0 unspecified atom stereocenters. The normalized spacial score (nSPS) is 16.1. The number of rotatable bonds is 2. The summed E-state index contributed by atoms with van der Waals surface area (Å²) in [4.78, 5) is 36.8. The number of carbonyl (C=O) groups is 1. The van der Waals surface area contributed by atoms with Gasteiger partial charge in [0.2, 0.25) is 0 Å². The van der Waals surface area contributed by atoms with Crippen LogP contribution in [-0.2, 0) is 0 Å². The van der Waals surface area contributed by atoms with Crippen LogP contribution in [0.4, 0.5) is 0 Å². The van der Waals surface area contributed by atoms with E-state index >= 15 is 0 Å². The Kier molecular flexibility index (Phi) is 3.83. The van der Waals surface area contributed by atoms with Crippen molar-refractivity contribution in [3.05, 3.63) is 44.5 Å². The third kappa shape index (κ3) is 3.02. The Bertz CT molecular complexity index is 687. The lowest BCUT2D eigenvalue weighted by Gasteiger charge is -2.31. The topological polar surface area (TPSA) is 79.0 Å². The van der Waals surface area contributed by atoms with Crippen molar-refractivity contribution < 1.29 is 4.79 Å². The predicted octanol–water partition coefficient (Wildman–Crippen LogP) is 1.55. The number of thiazole rings is 1. The van der Waals surface area contributed by atoms with Crippen molar-refractivity contribution in [2.24, 2.45) is 0 Å². The van der Waals surface area contributed by atoms with Crippen molar-refractivity contribution in [1.29, 1.82) is 0 Å². The van der Waals surface area contributed by atoms with Gasteiger partial charge < -0.3 is 9.88 Å². The Morgan fingerprint density at radius 2 is 2.19 bits per heavy atom. The lowest BCUT2D eigenvalue weighted by atomic mass is 9.95. The van der Waals surface area contributed by atoms with E-state index in [-0.39, 0.29) is 17.4 Å². The number of piperidine rings is 1. The van der Waals surface area contributed by atoms with Crippen LogP contribution >= 0.6 is 11.3 Å². The van der Waals surface area contributed by atoms with E-state index < -0.39 is 0 Å². The van der Waals surface area contributed by atoms with E-state index in [1.807, 2.05) is 11.8 Å². The Morgan fingerprint density at radius 3 is 2.81 bits per heavy atom. The number of nitrogens with one attached hydrogen (secondary N) is 1. The molecule has 1 aliphatic heterocycles. The number of hydrogen-bond acceptors (Lipinski definition) is 5. The number of aryl methyl sites for hydroxylation is 1. The number of carbonyl (C=O) groups excluding carboxylic acids is 1. The summed E-state index contributed by atoms with van der Waals surface area (Å²) in [6.07, 6.45) is 1.62. The number of hydrogen-bond donors (Lipinski definition) is 1. The van der Waals surface area contributed by atoms with Crippen molar-refractivity contribution in [3.8, 4) is 0 Å². The molecule has 0 spiro atoms. The average molecular weight is 304 g/mol. The van der Waals surface area contributed by atoms with Gasteiger partial charge in [-0.2, -0.15) is 0 Å². The summed E-state index contributed by atoms with van der Waals surface area (Å²) in [5.41, 5.74) is 2.80. The summed E-state index contributed by atoms with van der Waals surface area (Å²) in [6.45, 7) is 3.15. The highest BCUT2D eigenvalue weighted by Crippen LogP contribution is 2.25. The minimum absolute atomic E-state index is 0.0135. The SMILES string of the molecule is Cc1cc(=O)[nH]c(C2CCN(C(=O)c3cscn3)CC2)n1. The quantitative estimate of drug-likeness (QED) is 0.913. The minimum atomic E-state index is -0.113. The first-order valence-electron chi connectivity index (χ1n) is 6.89. The Balaban J connectivity index is 1.67. The average Bonchev–Trinajstić information content (AvgIpc) is 3.00. The van der Waals surface area contributed by atoms with Crippen molar-refractivity contribution in [1.82, 2.24) is 19.9 Å². The van der Waals surface area contributed by atoms with Crippen molar-refractivity contribution >= 4 is 17.2 Å². The van der Waals surface area contributed by atoms with E-state index in [1.165, 1.54) is 17.4 Å². The van der Waals surface area contributed by atoms with Gasteiger partial charge in [0, 0.05) is 36.1 Å². The highest BCUT2D eigenvalue weighted by Gasteiger charge is 2.26. The number of nitrogens with zero attached hydrogens (tertiary/aromatic N) is 3. The van der Waals surface area contributed by atoms with Crippen LogP contribution in [0.3, 0.4) is 0 Å². The first-order valence-corrected chi connectivity index (χ1v) is 7.83. The molecule has 3 rings (SSSR count). The van der Waals surface area contributed by atoms with E-state index in [1.54, 1.807) is 10.9 Å². The monoisotopic (exact) mass is 304 g/mol. The van der Waals surface area contributed by atoms with E-state index in [0.29, 0.717) is 18.8 Å². The maximum absolute atomic E-state index is 12.2. The van der Waals surface area contributed by atoms with Gasteiger partial charge in [0.25, 0.3) is 11.5 Å². The van der Waals surface area contributed by atoms with E-state index in [4.69, 9.17) is 0 Å². The largest absolute Gasteiger partial charge is 0.337 e. The van der Waals surface area contributed by atoms with E-state index in [2.05, 4.69) is 15.0 Å². The van der Waals surface area contributed by atoms with Gasteiger partial charge in [-0.05, 0) is 19.8 Å². The molecule has 2 aromatic heterocycles. The summed E-state index contributed by atoms with van der Waals surface area (Å²) >= 11 is 1.42. The molecule has 1 fully saturated rings. The van der Waals surface area contributed by atoms with Crippen LogP contribution < -0.4 is 5.56 Å². The van der Waals surface area contributed by atoms with Crippen molar-refractivity contribution in [2.45, 2.75) is 25.7 Å². The fourth-order valence-electron chi connectivity index (χ4n) is 2.63. The second-order valence-electron chi connectivity index (χ2n) is 5.21. The standard InChI is InChI=1S/C14H16N4O2S/c1-9-6-12(19)17-13(16-9)10-2-4-18(5-3-10)14(20)11-7-21-8-15-11/h6-8,10H,2-5H2,1H3,(H,16,17,19). The minimum Gasteiger partial charge on any atom is -0.337 e. The molecule has 0 aliphatic carbocycles. The van der Waals surface area contributed by atoms with Crippen LogP contribution in [0.15, 0.2) is 21.8 Å². The Morgan fingerprint density at radius 1 is 1.43 bits per heavy atom. The molecule has 0 aromatic carbocycles. The highest BCUT2D eigenvalue weighted by atomic mass is 32.1. The zero-order chi connectivity index (χ0) is 14.8. The number of aromatic nitrogens is 3. The smallest absolute Gasteiger partial charge is 0.273 e. The molecule has 110 valence electrons. The zero-order valence-electron chi connectivity index (χ0n) is 11.7. The summed E-state index contributed by atoms with van der Waals surface area (Å²) in [6, 6.07) is 1.49. The van der Waals surface area contributed by atoms with E-state index in [0.717, 1.165) is 24.4 Å². The van der Waals surface area contributed by atoms with Gasteiger partial charge in [-0.3, -0.25) is 9.59 Å². The zero-order valence-corrected chi connectivity index (χ0v) is 12.5. The number of H-pyrrole nitrogens is 1. The van der Waals surface area contributed by atoms with Crippen LogP contribution in [0, 0.1) is 6.92 Å². The second kappa shape index (κ2) is 5.77. The second-order valence-corrected chi connectivity index (χ2v) is 5.93. The molecule has 1 aliphatic rings. The summed E-state index contributed by atoms with van der Waals surface area (Å²) in [5.74, 6) is 0.929. The van der Waals surface area contributed by atoms with E-state index in [9.17, 15) is 9.59 Å². The van der Waals surface area contributed by atoms with Gasteiger partial charge >= 0.3 is 0 Å². The number of amides is 1. The van der Waals surface area contributed by atoms with Gasteiger partial charge in [0.15, 0.2) is 0 Å². The molecule has 2 aromatic rings. The maximum atomic E-state index is 12.2. The first-order chi connectivity index (χ1) is 10.1. The van der Waals surface area contributed by atoms with Gasteiger partial charge in [-0.25, -0.2) is 9.97 Å². The molecule has 7 heteroatoms. The number of aromatic amines is 1.